The van der Waals surface area contributed by atoms with Gasteiger partial charge < -0.3 is 9.97 Å². The van der Waals surface area contributed by atoms with Crippen LogP contribution in [0.4, 0.5) is 0 Å². The van der Waals surface area contributed by atoms with Crippen molar-refractivity contribution in [3.05, 3.63) is 94.2 Å². The molecule has 9 rings (SSSR count). The Labute approximate surface area is 355 Å². The molecule has 16 nitrogen and oxygen atoms in total. The third kappa shape index (κ3) is 7.43. The van der Waals surface area contributed by atoms with E-state index < -0.39 is 40.5 Å². The number of nitrogens with zero attached hydrogens (tertiary/aromatic N) is 2. The summed E-state index contributed by atoms with van der Waals surface area (Å²) >= 11 is 3.58. The van der Waals surface area contributed by atoms with E-state index in [1.165, 1.54) is 47.2 Å². The lowest BCUT2D eigenvalue weighted by Crippen LogP contribution is -1.94. The zero-order valence-electron chi connectivity index (χ0n) is 29.5. The average Bonchev–Trinajstić information content (AvgIpc) is 3.98. The lowest BCUT2D eigenvalue weighted by atomic mass is 10.1. The molecule has 24 heteroatoms. The van der Waals surface area contributed by atoms with E-state index >= 15 is 0 Å². The van der Waals surface area contributed by atoms with Gasteiger partial charge in [-0.25, -0.2) is 9.97 Å². The zero-order valence-corrected chi connectivity index (χ0v) is 36.0. The molecule has 2 aliphatic heterocycles. The van der Waals surface area contributed by atoms with Crippen LogP contribution in [-0.2, 0) is 40.5 Å². The molecule has 0 saturated heterocycles. The van der Waals surface area contributed by atoms with Crippen molar-refractivity contribution in [1.82, 2.24) is 19.9 Å². The Morgan fingerprint density at radius 2 is 0.733 bits per heavy atom. The second-order valence-corrected chi connectivity index (χ2v) is 23.1. The summed E-state index contributed by atoms with van der Waals surface area (Å²) in [6, 6.07) is 14.8. The summed E-state index contributed by atoms with van der Waals surface area (Å²) in [6.45, 7) is 0. The highest BCUT2D eigenvalue weighted by atomic mass is 32.3. The van der Waals surface area contributed by atoms with Gasteiger partial charge in [0.05, 0.1) is 22.8 Å². The van der Waals surface area contributed by atoms with Gasteiger partial charge in [-0.3, -0.25) is 18.2 Å². The van der Waals surface area contributed by atoms with Crippen molar-refractivity contribution >= 4 is 132 Å². The first kappa shape index (κ1) is 40.4. The van der Waals surface area contributed by atoms with Crippen LogP contribution >= 0.6 is 45.3 Å². The highest BCUT2D eigenvalue weighted by Gasteiger charge is 2.24. The number of hydrogen-bond acceptors (Lipinski definition) is 14. The minimum atomic E-state index is -4.61. The largest absolute Gasteiger partial charge is 0.354 e. The summed E-state index contributed by atoms with van der Waals surface area (Å²) < 4.78 is 136. The molecule has 0 spiro atoms. The third-order valence-electron chi connectivity index (χ3n) is 9.16. The first-order chi connectivity index (χ1) is 28.2. The van der Waals surface area contributed by atoms with E-state index in [0.717, 1.165) is 45.3 Å². The highest BCUT2D eigenvalue weighted by molar-refractivity contribution is 7.88. The molecule has 0 amide bonds. The van der Waals surface area contributed by atoms with Gasteiger partial charge in [0.25, 0.3) is 20.2 Å². The SMILES string of the molecule is O=S(=O)(O)c1csc(-c2c3nc(c(-c4cc(S(=O)(=O)O)cs4)c4ccc([nH]4)c(-c4ccc(S(=O)(=O)O)s4)c4nc(c(-c5ccc(S(=O)(=O)O)s5)c5ccc2[nH]5)C=C4)C=C3)c1. The molecule has 0 fully saturated rings. The van der Waals surface area contributed by atoms with Gasteiger partial charge in [-0.05, 0) is 85.0 Å². The first-order valence-corrected chi connectivity index (χ1v) is 25.8. The monoisotopic (exact) mass is 958 g/mol. The second-order valence-electron chi connectivity index (χ2n) is 12.9. The molecule has 6 N–H and O–H groups in total. The number of hydrogen-bond donors (Lipinski definition) is 6. The van der Waals surface area contributed by atoms with Crippen molar-refractivity contribution < 1.29 is 51.9 Å². The van der Waals surface area contributed by atoms with Gasteiger partial charge in [0, 0.05) is 74.6 Å². The van der Waals surface area contributed by atoms with Crippen LogP contribution in [0.15, 0.2) is 89.6 Å². The maximum Gasteiger partial charge on any atom is 0.304 e. The Bertz CT molecular complexity index is 3210. The normalized spacial score (nSPS) is 13.4. The summed E-state index contributed by atoms with van der Waals surface area (Å²) in [5, 5.41) is 2.53. The van der Waals surface area contributed by atoms with Crippen LogP contribution in [0.3, 0.4) is 0 Å². The van der Waals surface area contributed by atoms with Crippen molar-refractivity contribution in [3.8, 4) is 41.8 Å². The highest BCUT2D eigenvalue weighted by Crippen LogP contribution is 2.43. The number of rotatable bonds is 8. The molecule has 0 atom stereocenters. The van der Waals surface area contributed by atoms with E-state index in [0.29, 0.717) is 86.6 Å². The minimum Gasteiger partial charge on any atom is -0.354 e. The average molecular weight is 959 g/mol. The fraction of sp³-hybridized carbons (Fsp3) is 0. The molecule has 0 aliphatic carbocycles. The summed E-state index contributed by atoms with van der Waals surface area (Å²) in [7, 11) is -18.4. The Kier molecular flexibility index (Phi) is 9.65. The van der Waals surface area contributed by atoms with Crippen LogP contribution in [-0.4, -0.2) is 71.8 Å². The molecule has 306 valence electrons. The van der Waals surface area contributed by atoms with E-state index in [9.17, 15) is 51.9 Å². The molecule has 9 heterocycles. The number of nitrogens with one attached hydrogen (secondary N) is 2. The fourth-order valence-corrected chi connectivity index (χ4v) is 13.7. The van der Waals surface area contributed by atoms with Crippen LogP contribution in [0.5, 0.6) is 0 Å². The molecule has 0 aromatic carbocycles. The third-order valence-corrected chi connectivity index (χ3v) is 17.9. The minimum absolute atomic E-state index is 0.314. The van der Waals surface area contributed by atoms with Crippen molar-refractivity contribution in [1.29, 1.82) is 0 Å². The van der Waals surface area contributed by atoms with Crippen LogP contribution in [0.25, 0.3) is 88.1 Å². The van der Waals surface area contributed by atoms with Crippen molar-refractivity contribution in [2.45, 2.75) is 18.2 Å². The topological polar surface area (TPSA) is 275 Å². The molecule has 7 aromatic rings. The Morgan fingerprint density at radius 3 is 1.00 bits per heavy atom. The summed E-state index contributed by atoms with van der Waals surface area (Å²) in [4.78, 5) is 17.4. The van der Waals surface area contributed by atoms with E-state index in [-0.39, 0.29) is 18.2 Å². The molecule has 0 saturated carbocycles. The van der Waals surface area contributed by atoms with Gasteiger partial charge in [0.15, 0.2) is 0 Å². The van der Waals surface area contributed by atoms with E-state index in [4.69, 9.17) is 9.97 Å². The Morgan fingerprint density at radius 1 is 0.417 bits per heavy atom. The molecule has 0 unspecified atom stereocenters. The van der Waals surface area contributed by atoms with Gasteiger partial charge in [-0.1, -0.05) is 0 Å². The molecular formula is C36H22N4O12S8. The molecule has 0 radical (unpaired) electrons. The lowest BCUT2D eigenvalue weighted by Gasteiger charge is -2.04. The summed E-state index contributed by atoms with van der Waals surface area (Å²) in [5.41, 5.74) is 4.41. The molecule has 7 aromatic heterocycles. The van der Waals surface area contributed by atoms with E-state index in [2.05, 4.69) is 9.97 Å². The quantitative estimate of drug-likeness (QED) is 0.0779. The molecular weight excluding hydrogens is 937 g/mol. The second kappa shape index (κ2) is 14.3. The van der Waals surface area contributed by atoms with E-state index in [1.54, 1.807) is 48.6 Å². The zero-order chi connectivity index (χ0) is 42.5. The van der Waals surface area contributed by atoms with E-state index in [1.807, 2.05) is 0 Å². The smallest absolute Gasteiger partial charge is 0.304 e. The van der Waals surface area contributed by atoms with Gasteiger partial charge in [-0.2, -0.15) is 33.7 Å². The van der Waals surface area contributed by atoms with Gasteiger partial charge in [-0.15, -0.1) is 45.3 Å². The number of aromatic nitrogens is 4. The molecule has 8 bridgehead atoms. The standard InChI is InChI=1S/C36H22N4O12S8/c41-57(42,43)17-13-29(53-15-17)35-23-5-3-21(38-23)33(27-9-11-31(55-27)59(47,48)49)19-1-2-20(37-19)34(28-10-12-32(56-28)60(50,51)52)22-4-6-24(39-22)36(26-8-7-25(35)40-26)30-14-18(16-54-30)58(44,45)46/h1-16,38-39H,(H,41,42,43)(H,44,45,46)(H,47,48,49)(H,50,51,52). The molecule has 60 heavy (non-hydrogen) atoms. The van der Waals surface area contributed by atoms with Crippen LogP contribution in [0.1, 0.15) is 22.8 Å². The molecule has 2 aliphatic rings. The summed E-state index contributed by atoms with van der Waals surface area (Å²) in [5.74, 6) is 0. The van der Waals surface area contributed by atoms with Gasteiger partial charge >= 0.3 is 20.2 Å². The fourth-order valence-electron chi connectivity index (χ4n) is 6.60. The van der Waals surface area contributed by atoms with Crippen LogP contribution in [0, 0.1) is 0 Å². The number of H-pyrrole nitrogens is 2. The van der Waals surface area contributed by atoms with Gasteiger partial charge in [0.2, 0.25) is 0 Å². The lowest BCUT2D eigenvalue weighted by molar-refractivity contribution is 0.481. The Hall–Kier alpha value is -4.96. The number of thiophene rings is 4. The van der Waals surface area contributed by atoms with Gasteiger partial charge in [0.1, 0.15) is 18.2 Å². The number of aromatic amines is 2. The van der Waals surface area contributed by atoms with Crippen LogP contribution < -0.4 is 0 Å². The van der Waals surface area contributed by atoms with Crippen molar-refractivity contribution in [2.24, 2.45) is 0 Å². The predicted molar refractivity (Wildman–Crippen MR) is 231 cm³/mol. The van der Waals surface area contributed by atoms with Crippen LogP contribution in [0.2, 0.25) is 0 Å². The maximum absolute atomic E-state index is 12.2. The van der Waals surface area contributed by atoms with Crippen molar-refractivity contribution in [2.75, 3.05) is 0 Å². The first-order valence-electron chi connectivity index (χ1n) is 16.7. The maximum atomic E-state index is 12.2. The number of fused-ring (bicyclic) bond motifs is 8. The van der Waals surface area contributed by atoms with Crippen molar-refractivity contribution in [3.63, 3.8) is 0 Å². The summed E-state index contributed by atoms with van der Waals surface area (Å²) in [6.07, 6.45) is 6.63. The predicted octanol–water partition coefficient (Wildman–Crippen LogP) is 8.56. The Balaban J connectivity index is 1.46.